The molecule has 0 aromatic heterocycles. The number of nitrogens with zero attached hydrogens (tertiary/aromatic N) is 2. The molecule has 9 heteroatoms. The van der Waals surface area contributed by atoms with Gasteiger partial charge in [0, 0.05) is 44.6 Å². The molecule has 1 amide bonds. The third kappa shape index (κ3) is 7.22. The van der Waals surface area contributed by atoms with Crippen molar-refractivity contribution in [1.82, 2.24) is 9.62 Å². The highest BCUT2D eigenvalue weighted by atomic mass is 32.2. The second kappa shape index (κ2) is 10.8. The minimum atomic E-state index is -3.23. The lowest BCUT2D eigenvalue weighted by molar-refractivity contribution is -0.127. The molecule has 0 saturated carbocycles. The van der Waals surface area contributed by atoms with Crippen molar-refractivity contribution in [3.05, 3.63) is 59.7 Å². The van der Waals surface area contributed by atoms with Crippen LogP contribution in [0.4, 0.5) is 11.4 Å². The second-order valence-electron chi connectivity index (χ2n) is 8.23. The van der Waals surface area contributed by atoms with Gasteiger partial charge in [0.2, 0.25) is 15.9 Å². The molecule has 32 heavy (non-hydrogen) atoms. The number of hydrogen-bond acceptors (Lipinski definition) is 6. The van der Waals surface area contributed by atoms with Crippen LogP contribution in [0, 0.1) is 0 Å². The van der Waals surface area contributed by atoms with Gasteiger partial charge in [-0.2, -0.15) is 0 Å². The van der Waals surface area contributed by atoms with Crippen LogP contribution in [-0.4, -0.2) is 69.9 Å². The monoisotopic (exact) mass is 460 g/mol. The first-order chi connectivity index (χ1) is 15.2. The Morgan fingerprint density at radius 2 is 1.91 bits per heavy atom. The summed E-state index contributed by atoms with van der Waals surface area (Å²) in [7, 11) is -1.43. The Bertz CT molecular complexity index is 1010. The number of aliphatic hydroxyl groups is 1. The summed E-state index contributed by atoms with van der Waals surface area (Å²) < 4.78 is 24.8. The lowest BCUT2D eigenvalue weighted by atomic mass is 10.1. The average molecular weight is 461 g/mol. The molecule has 1 heterocycles. The lowest BCUT2D eigenvalue weighted by Crippen LogP contribution is -2.34. The van der Waals surface area contributed by atoms with E-state index in [0.29, 0.717) is 13.1 Å². The van der Waals surface area contributed by atoms with Gasteiger partial charge in [-0.15, -0.1) is 0 Å². The number of likely N-dealkylation sites (N-methyl/N-ethyl adjacent to an activating group) is 1. The molecule has 2 aromatic rings. The molecule has 0 radical (unpaired) electrons. The van der Waals surface area contributed by atoms with Crippen molar-refractivity contribution in [2.75, 3.05) is 49.7 Å². The predicted molar refractivity (Wildman–Crippen MR) is 127 cm³/mol. The van der Waals surface area contributed by atoms with Crippen LogP contribution in [0.5, 0.6) is 0 Å². The molecule has 0 spiro atoms. The van der Waals surface area contributed by atoms with Gasteiger partial charge in [0.05, 0.1) is 18.9 Å². The molecule has 1 fully saturated rings. The Labute approximate surface area is 190 Å². The fraction of sp³-hybridized carbons (Fsp3) is 0.435. The number of anilines is 2. The maximum absolute atomic E-state index is 12.5. The van der Waals surface area contributed by atoms with E-state index < -0.39 is 10.0 Å². The maximum atomic E-state index is 12.5. The minimum Gasteiger partial charge on any atom is -0.391 e. The number of amides is 1. The van der Waals surface area contributed by atoms with Crippen molar-refractivity contribution in [1.29, 1.82) is 0 Å². The highest BCUT2D eigenvalue weighted by Gasteiger charge is 2.22. The molecule has 0 unspecified atom stereocenters. The molecule has 2 aromatic carbocycles. The fourth-order valence-electron chi connectivity index (χ4n) is 3.67. The van der Waals surface area contributed by atoms with Crippen LogP contribution in [0.15, 0.2) is 48.5 Å². The molecule has 8 nitrogen and oxygen atoms in total. The van der Waals surface area contributed by atoms with E-state index in [9.17, 15) is 18.3 Å². The van der Waals surface area contributed by atoms with Gasteiger partial charge in [0.15, 0.2) is 0 Å². The SMILES string of the molecule is CN(CCc1ccccc1N1CC[C@H](O)C1)C(=O)CNc1ccc(CNS(C)(=O)=O)cc1. The number of carbonyl (C=O) groups excluding carboxylic acids is 1. The summed E-state index contributed by atoms with van der Waals surface area (Å²) in [4.78, 5) is 16.5. The van der Waals surface area contributed by atoms with Gasteiger partial charge in [0.25, 0.3) is 0 Å². The zero-order chi connectivity index (χ0) is 23.1. The van der Waals surface area contributed by atoms with Crippen molar-refractivity contribution in [2.45, 2.75) is 25.5 Å². The number of β-amino-alcohol motifs (C(OH)–C–C–N with tert-alkyl or cyclic N) is 1. The molecule has 3 N–H and O–H groups in total. The zero-order valence-corrected chi connectivity index (χ0v) is 19.4. The number of rotatable bonds is 10. The first-order valence-electron chi connectivity index (χ1n) is 10.7. The molecule has 174 valence electrons. The second-order valence-corrected chi connectivity index (χ2v) is 10.1. The maximum Gasteiger partial charge on any atom is 0.241 e. The molecular weight excluding hydrogens is 428 g/mol. The summed E-state index contributed by atoms with van der Waals surface area (Å²) in [6.07, 6.45) is 2.38. The van der Waals surface area contributed by atoms with Gasteiger partial charge in [-0.1, -0.05) is 30.3 Å². The highest BCUT2D eigenvalue weighted by molar-refractivity contribution is 7.88. The smallest absolute Gasteiger partial charge is 0.241 e. The molecule has 3 rings (SSSR count). The minimum absolute atomic E-state index is 0.0121. The van der Waals surface area contributed by atoms with Crippen molar-refractivity contribution in [3.63, 3.8) is 0 Å². The lowest BCUT2D eigenvalue weighted by Gasteiger charge is -2.23. The fourth-order valence-corrected chi connectivity index (χ4v) is 4.10. The normalized spacial score (nSPS) is 16.2. The average Bonchev–Trinajstić information content (AvgIpc) is 3.20. The number of aliphatic hydroxyl groups excluding tert-OH is 1. The van der Waals surface area contributed by atoms with Crippen LogP contribution >= 0.6 is 0 Å². The van der Waals surface area contributed by atoms with Crippen LogP contribution in [0.25, 0.3) is 0 Å². The van der Waals surface area contributed by atoms with E-state index in [4.69, 9.17) is 0 Å². The molecule has 1 aliphatic rings. The zero-order valence-electron chi connectivity index (χ0n) is 18.6. The van der Waals surface area contributed by atoms with Crippen LogP contribution in [0.1, 0.15) is 17.5 Å². The third-order valence-corrected chi connectivity index (χ3v) is 6.24. The molecule has 0 bridgehead atoms. The van der Waals surface area contributed by atoms with E-state index in [1.165, 1.54) is 5.56 Å². The standard InChI is InChI=1S/C23H32N4O4S/c1-26(13-11-19-5-3-4-6-22(19)27-14-12-21(28)17-27)23(29)16-24-20-9-7-18(8-10-20)15-25-32(2,30)31/h3-10,21,24-25,28H,11-17H2,1-2H3/t21-/m0/s1. The largest absolute Gasteiger partial charge is 0.391 e. The Morgan fingerprint density at radius 1 is 1.19 bits per heavy atom. The summed E-state index contributed by atoms with van der Waals surface area (Å²) in [5.74, 6) is -0.0121. The molecule has 1 aliphatic heterocycles. The number of sulfonamides is 1. The summed E-state index contributed by atoms with van der Waals surface area (Å²) in [6.45, 7) is 2.51. The van der Waals surface area contributed by atoms with E-state index in [1.54, 1.807) is 11.9 Å². The highest BCUT2D eigenvalue weighted by Crippen LogP contribution is 2.25. The molecular formula is C23H32N4O4S. The van der Waals surface area contributed by atoms with Crippen LogP contribution < -0.4 is 14.9 Å². The summed E-state index contributed by atoms with van der Waals surface area (Å²) in [5.41, 5.74) is 3.95. The first kappa shape index (κ1) is 24.0. The Balaban J connectivity index is 1.47. The summed E-state index contributed by atoms with van der Waals surface area (Å²) in [5, 5.41) is 13.0. The van der Waals surface area contributed by atoms with Crippen molar-refractivity contribution in [2.24, 2.45) is 0 Å². The van der Waals surface area contributed by atoms with Gasteiger partial charge < -0.3 is 20.2 Å². The Kier molecular flexibility index (Phi) is 8.11. The topological polar surface area (TPSA) is 102 Å². The van der Waals surface area contributed by atoms with Crippen LogP contribution in [0.3, 0.4) is 0 Å². The molecule has 0 aliphatic carbocycles. The van der Waals surface area contributed by atoms with Gasteiger partial charge in [0.1, 0.15) is 0 Å². The summed E-state index contributed by atoms with van der Waals surface area (Å²) >= 11 is 0. The number of hydrogen-bond donors (Lipinski definition) is 3. The number of para-hydroxylation sites is 1. The van der Waals surface area contributed by atoms with Gasteiger partial charge in [-0.3, -0.25) is 4.79 Å². The van der Waals surface area contributed by atoms with E-state index >= 15 is 0 Å². The Hall–Kier alpha value is -2.62. The number of carbonyl (C=O) groups is 1. The van der Waals surface area contributed by atoms with Crippen molar-refractivity contribution in [3.8, 4) is 0 Å². The molecule has 1 atom stereocenters. The number of benzene rings is 2. The predicted octanol–water partition coefficient (Wildman–Crippen LogP) is 1.42. The number of nitrogens with one attached hydrogen (secondary N) is 2. The van der Waals surface area contributed by atoms with Gasteiger partial charge in [-0.05, 0) is 42.2 Å². The van der Waals surface area contributed by atoms with E-state index in [0.717, 1.165) is 42.6 Å². The van der Waals surface area contributed by atoms with Crippen molar-refractivity contribution >= 4 is 27.3 Å². The third-order valence-electron chi connectivity index (χ3n) is 5.57. The van der Waals surface area contributed by atoms with E-state index in [1.807, 2.05) is 36.4 Å². The van der Waals surface area contributed by atoms with Gasteiger partial charge in [-0.25, -0.2) is 13.1 Å². The first-order valence-corrected chi connectivity index (χ1v) is 12.6. The van der Waals surface area contributed by atoms with Crippen LogP contribution in [0.2, 0.25) is 0 Å². The quantitative estimate of drug-likeness (QED) is 0.496. The van der Waals surface area contributed by atoms with Crippen LogP contribution in [-0.2, 0) is 27.8 Å². The van der Waals surface area contributed by atoms with E-state index in [-0.39, 0.29) is 25.1 Å². The van der Waals surface area contributed by atoms with Gasteiger partial charge >= 0.3 is 0 Å². The summed E-state index contributed by atoms with van der Waals surface area (Å²) in [6, 6.07) is 15.5. The molecule has 1 saturated heterocycles. The Morgan fingerprint density at radius 3 is 2.56 bits per heavy atom. The van der Waals surface area contributed by atoms with E-state index in [2.05, 4.69) is 27.1 Å². The van der Waals surface area contributed by atoms with Crippen molar-refractivity contribution < 1.29 is 18.3 Å².